The topological polar surface area (TPSA) is 96.0 Å². The third kappa shape index (κ3) is 6.33. The second-order valence-corrected chi connectivity index (χ2v) is 9.48. The number of aromatic nitrogens is 1. The Morgan fingerprint density at radius 3 is 2.21 bits per heavy atom. The molecule has 1 amide bonds. The van der Waals surface area contributed by atoms with Crippen molar-refractivity contribution in [3.63, 3.8) is 0 Å². The second-order valence-electron chi connectivity index (χ2n) is 9.48. The Hall–Kier alpha value is -4.57. The van der Waals surface area contributed by atoms with Gasteiger partial charge < -0.3 is 24.3 Å². The quantitative estimate of drug-likeness (QED) is 0.233. The molecule has 0 aliphatic heterocycles. The van der Waals surface area contributed by atoms with Crippen LogP contribution in [0.3, 0.4) is 0 Å². The molecule has 0 fully saturated rings. The van der Waals surface area contributed by atoms with E-state index >= 15 is 0 Å². The molecule has 0 aliphatic carbocycles. The maximum Gasteiger partial charge on any atom is 0.328 e. The van der Waals surface area contributed by atoms with E-state index in [1.165, 1.54) is 7.11 Å². The number of pyridine rings is 1. The lowest BCUT2D eigenvalue weighted by Crippen LogP contribution is -2.43. The minimum Gasteiger partial charge on any atom is -0.496 e. The Morgan fingerprint density at radius 1 is 0.952 bits per heavy atom. The Morgan fingerprint density at radius 2 is 1.62 bits per heavy atom. The van der Waals surface area contributed by atoms with Crippen LogP contribution in [0, 0.1) is 18.6 Å². The SMILES string of the molecule is CCOCc1cc(OC)c(-c2ccc(CC(NC(=O)c3c(F)cccc3F)C(=O)OC)c3ccc(C)nc23)c(OC)c1. The number of halogens is 2. The van der Waals surface area contributed by atoms with E-state index in [1.807, 2.05) is 44.2 Å². The maximum atomic E-state index is 14.3. The van der Waals surface area contributed by atoms with Crippen LogP contribution in [0.4, 0.5) is 8.78 Å². The summed E-state index contributed by atoms with van der Waals surface area (Å²) in [5.74, 6) is -2.80. The largest absolute Gasteiger partial charge is 0.496 e. The van der Waals surface area contributed by atoms with Crippen molar-refractivity contribution in [3.05, 3.63) is 88.6 Å². The predicted octanol–water partition coefficient (Wildman–Crippen LogP) is 5.56. The molecule has 10 heteroatoms. The van der Waals surface area contributed by atoms with Crippen LogP contribution in [0.15, 0.2) is 54.6 Å². The van der Waals surface area contributed by atoms with Crippen molar-refractivity contribution in [2.75, 3.05) is 27.9 Å². The van der Waals surface area contributed by atoms with Gasteiger partial charge in [0.15, 0.2) is 0 Å². The molecule has 1 heterocycles. The molecule has 4 aromatic rings. The van der Waals surface area contributed by atoms with Gasteiger partial charge in [0.05, 0.1) is 39.0 Å². The molecule has 1 unspecified atom stereocenters. The molecule has 0 bridgehead atoms. The molecule has 220 valence electrons. The number of nitrogens with one attached hydrogen (secondary N) is 1. The first-order valence-electron chi connectivity index (χ1n) is 13.3. The standard InChI is InChI=1S/C32H32F2N2O6/c1-6-42-17-19-14-26(39-3)28(27(15-19)40-4)22-13-11-20(21-12-10-18(2)35-30(21)22)16-25(32(38)41-5)36-31(37)29-23(33)8-7-9-24(29)34/h7-15,25H,6,16-17H2,1-5H3,(H,36,37). The summed E-state index contributed by atoms with van der Waals surface area (Å²) in [6.45, 7) is 4.72. The normalized spacial score (nSPS) is 11.7. The molecule has 0 saturated carbocycles. The first kappa shape index (κ1) is 30.4. The number of nitrogens with zero attached hydrogens (tertiary/aromatic N) is 1. The molecule has 0 aliphatic rings. The fourth-order valence-corrected chi connectivity index (χ4v) is 4.79. The van der Waals surface area contributed by atoms with Gasteiger partial charge >= 0.3 is 5.97 Å². The van der Waals surface area contributed by atoms with Gasteiger partial charge in [-0.1, -0.05) is 24.3 Å². The van der Waals surface area contributed by atoms with Gasteiger partial charge in [-0.25, -0.2) is 13.6 Å². The smallest absolute Gasteiger partial charge is 0.328 e. The van der Waals surface area contributed by atoms with Crippen molar-refractivity contribution in [1.29, 1.82) is 0 Å². The van der Waals surface area contributed by atoms with Crippen molar-refractivity contribution in [2.45, 2.75) is 32.9 Å². The fraction of sp³-hybridized carbons (Fsp3) is 0.281. The lowest BCUT2D eigenvalue weighted by Gasteiger charge is -2.20. The number of fused-ring (bicyclic) bond motifs is 1. The molecule has 8 nitrogen and oxygen atoms in total. The molecule has 1 atom stereocenters. The van der Waals surface area contributed by atoms with E-state index in [2.05, 4.69) is 5.32 Å². The zero-order valence-corrected chi connectivity index (χ0v) is 24.0. The summed E-state index contributed by atoms with van der Waals surface area (Å²) in [4.78, 5) is 30.4. The molecular formula is C32H32F2N2O6. The van der Waals surface area contributed by atoms with Gasteiger partial charge in [0, 0.05) is 29.7 Å². The molecule has 1 aromatic heterocycles. The van der Waals surface area contributed by atoms with Crippen LogP contribution in [-0.4, -0.2) is 50.8 Å². The van der Waals surface area contributed by atoms with E-state index in [0.717, 1.165) is 35.0 Å². The van der Waals surface area contributed by atoms with Gasteiger partial charge in [-0.3, -0.25) is 9.78 Å². The number of amides is 1. The molecule has 0 saturated heterocycles. The molecule has 42 heavy (non-hydrogen) atoms. The van der Waals surface area contributed by atoms with Crippen LogP contribution in [-0.2, 0) is 27.3 Å². The number of carbonyl (C=O) groups is 2. The third-order valence-corrected chi connectivity index (χ3v) is 6.80. The number of hydrogen-bond acceptors (Lipinski definition) is 7. The van der Waals surface area contributed by atoms with E-state index in [0.29, 0.717) is 46.7 Å². The van der Waals surface area contributed by atoms with Gasteiger partial charge in [-0.15, -0.1) is 0 Å². The van der Waals surface area contributed by atoms with E-state index in [4.69, 9.17) is 23.9 Å². The van der Waals surface area contributed by atoms with Gasteiger partial charge in [-0.05, 0) is 55.3 Å². The number of benzene rings is 3. The van der Waals surface area contributed by atoms with Crippen molar-refractivity contribution >= 4 is 22.8 Å². The second kappa shape index (κ2) is 13.4. The summed E-state index contributed by atoms with van der Waals surface area (Å²) in [6.07, 6.45) is -0.0302. The lowest BCUT2D eigenvalue weighted by molar-refractivity contribution is -0.142. The molecule has 4 rings (SSSR count). The molecule has 1 N–H and O–H groups in total. The van der Waals surface area contributed by atoms with E-state index in [1.54, 1.807) is 20.3 Å². The summed E-state index contributed by atoms with van der Waals surface area (Å²) >= 11 is 0. The predicted molar refractivity (Wildman–Crippen MR) is 154 cm³/mol. The highest BCUT2D eigenvalue weighted by Gasteiger charge is 2.27. The van der Waals surface area contributed by atoms with Gasteiger partial charge in [0.2, 0.25) is 0 Å². The summed E-state index contributed by atoms with van der Waals surface area (Å²) < 4.78 is 50.5. The van der Waals surface area contributed by atoms with Crippen molar-refractivity contribution in [2.24, 2.45) is 0 Å². The van der Waals surface area contributed by atoms with E-state index < -0.39 is 35.1 Å². The number of aryl methyl sites for hydroxylation is 1. The Kier molecular flexibility index (Phi) is 9.69. The monoisotopic (exact) mass is 578 g/mol. The number of hydrogen-bond donors (Lipinski definition) is 1. The zero-order valence-electron chi connectivity index (χ0n) is 24.0. The lowest BCUT2D eigenvalue weighted by atomic mass is 9.93. The van der Waals surface area contributed by atoms with Crippen LogP contribution in [0.5, 0.6) is 11.5 Å². The Labute approximate surface area is 242 Å². The molecule has 0 spiro atoms. The first-order valence-corrected chi connectivity index (χ1v) is 13.3. The molecular weight excluding hydrogens is 546 g/mol. The highest BCUT2D eigenvalue weighted by Crippen LogP contribution is 2.43. The first-order chi connectivity index (χ1) is 20.2. The van der Waals surface area contributed by atoms with Gasteiger partial charge in [0.1, 0.15) is 34.7 Å². The van der Waals surface area contributed by atoms with Gasteiger partial charge in [-0.2, -0.15) is 0 Å². The summed E-state index contributed by atoms with van der Waals surface area (Å²) in [6, 6.07) is 12.9. The molecule has 0 radical (unpaired) electrons. The average molecular weight is 579 g/mol. The Bertz CT molecular complexity index is 1580. The van der Waals surface area contributed by atoms with Crippen molar-refractivity contribution in [3.8, 4) is 22.6 Å². The summed E-state index contributed by atoms with van der Waals surface area (Å²) in [5, 5.41) is 3.13. The van der Waals surface area contributed by atoms with Gasteiger partial charge in [0.25, 0.3) is 5.91 Å². The highest BCUT2D eigenvalue weighted by atomic mass is 19.1. The number of carbonyl (C=O) groups excluding carboxylic acids is 2. The van der Waals surface area contributed by atoms with Crippen LogP contribution >= 0.6 is 0 Å². The number of ether oxygens (including phenoxy) is 4. The average Bonchev–Trinajstić information content (AvgIpc) is 2.98. The number of esters is 1. The summed E-state index contributed by atoms with van der Waals surface area (Å²) in [5.41, 5.74) is 3.51. The van der Waals surface area contributed by atoms with E-state index in [9.17, 15) is 18.4 Å². The fourth-order valence-electron chi connectivity index (χ4n) is 4.79. The maximum absolute atomic E-state index is 14.3. The minimum atomic E-state index is -1.24. The van der Waals surface area contributed by atoms with E-state index in [-0.39, 0.29) is 6.42 Å². The Balaban J connectivity index is 1.80. The molecule has 3 aromatic carbocycles. The third-order valence-electron chi connectivity index (χ3n) is 6.80. The number of rotatable bonds is 11. The van der Waals surface area contributed by atoms with Crippen LogP contribution in [0.25, 0.3) is 22.0 Å². The highest BCUT2D eigenvalue weighted by molar-refractivity contribution is 6.00. The van der Waals surface area contributed by atoms with Crippen LogP contribution < -0.4 is 14.8 Å². The van der Waals surface area contributed by atoms with Crippen molar-refractivity contribution < 1.29 is 37.3 Å². The van der Waals surface area contributed by atoms with Crippen molar-refractivity contribution in [1.82, 2.24) is 10.3 Å². The zero-order chi connectivity index (χ0) is 30.4. The number of methoxy groups -OCH3 is 3. The summed E-state index contributed by atoms with van der Waals surface area (Å²) in [7, 11) is 4.31. The van der Waals surface area contributed by atoms with Crippen LogP contribution in [0.1, 0.15) is 34.1 Å². The van der Waals surface area contributed by atoms with Crippen LogP contribution in [0.2, 0.25) is 0 Å². The minimum absolute atomic E-state index is 0.0302.